The highest BCUT2D eigenvalue weighted by Gasteiger charge is 2.32. The Hall–Kier alpha value is -0.940. The van der Waals surface area contributed by atoms with Gasteiger partial charge in [-0.2, -0.15) is 4.98 Å². The van der Waals surface area contributed by atoms with Crippen molar-refractivity contribution in [3.63, 3.8) is 0 Å². The van der Waals surface area contributed by atoms with Crippen LogP contribution in [-0.2, 0) is 10.3 Å². The van der Waals surface area contributed by atoms with Crippen molar-refractivity contribution in [3.05, 3.63) is 11.7 Å². The van der Waals surface area contributed by atoms with Crippen molar-refractivity contribution < 1.29 is 9.26 Å². The van der Waals surface area contributed by atoms with Crippen molar-refractivity contribution in [2.75, 3.05) is 13.2 Å². The average Bonchev–Trinajstić information content (AvgIpc) is 2.79. The zero-order valence-corrected chi connectivity index (χ0v) is 13.9. The summed E-state index contributed by atoms with van der Waals surface area (Å²) in [7, 11) is 0. The molecule has 1 aromatic heterocycles. The van der Waals surface area contributed by atoms with E-state index in [-0.39, 0.29) is 5.92 Å². The number of hydrogen-bond donors (Lipinski definition) is 1. The quantitative estimate of drug-likeness (QED) is 0.794. The number of nitrogens with one attached hydrogen (secondary N) is 1. The van der Waals surface area contributed by atoms with Crippen LogP contribution >= 0.6 is 0 Å². The summed E-state index contributed by atoms with van der Waals surface area (Å²) in [6.45, 7) is 16.1. The fourth-order valence-electron chi connectivity index (χ4n) is 2.57. The van der Waals surface area contributed by atoms with E-state index in [1.54, 1.807) is 0 Å². The van der Waals surface area contributed by atoms with Crippen LogP contribution in [0.2, 0.25) is 0 Å². The monoisotopic (exact) mass is 283 g/mol. The van der Waals surface area contributed by atoms with E-state index in [0.29, 0.717) is 30.3 Å². The van der Waals surface area contributed by atoms with Gasteiger partial charge in [-0.1, -0.05) is 25.9 Å². The van der Waals surface area contributed by atoms with Crippen molar-refractivity contribution in [3.8, 4) is 0 Å². The lowest BCUT2D eigenvalue weighted by Crippen LogP contribution is -2.34. The minimum Gasteiger partial charge on any atom is -0.368 e. The van der Waals surface area contributed by atoms with Gasteiger partial charge in [0.25, 0.3) is 0 Å². The molecule has 116 valence electrons. The molecule has 0 radical (unpaired) electrons. The molecule has 1 aromatic rings. The molecule has 0 aliphatic rings. The zero-order chi connectivity index (χ0) is 15.3. The Morgan fingerprint density at radius 1 is 1.25 bits per heavy atom. The summed E-state index contributed by atoms with van der Waals surface area (Å²) in [5.41, 5.74) is -0.514. The van der Waals surface area contributed by atoms with Gasteiger partial charge in [0.15, 0.2) is 0 Å². The molecule has 0 aliphatic heterocycles. The van der Waals surface area contributed by atoms with Crippen LogP contribution in [0.4, 0.5) is 0 Å². The summed E-state index contributed by atoms with van der Waals surface area (Å²) < 4.78 is 11.2. The fourth-order valence-corrected chi connectivity index (χ4v) is 2.57. The summed E-state index contributed by atoms with van der Waals surface area (Å²) in [5, 5.41) is 7.55. The molecule has 0 bridgehead atoms. The fraction of sp³-hybridized carbons (Fsp3) is 0.867. The third kappa shape index (κ3) is 4.03. The lowest BCUT2D eigenvalue weighted by Gasteiger charge is -2.24. The van der Waals surface area contributed by atoms with Gasteiger partial charge in [-0.05, 0) is 40.2 Å². The second kappa shape index (κ2) is 7.18. The maximum atomic E-state index is 5.68. The van der Waals surface area contributed by atoms with Gasteiger partial charge in [0.05, 0.1) is 5.92 Å². The van der Waals surface area contributed by atoms with E-state index < -0.39 is 5.60 Å². The van der Waals surface area contributed by atoms with E-state index in [2.05, 4.69) is 43.2 Å². The minimum absolute atomic E-state index is 0.202. The van der Waals surface area contributed by atoms with E-state index in [9.17, 15) is 0 Å². The van der Waals surface area contributed by atoms with Crippen LogP contribution in [0.25, 0.3) is 0 Å². The van der Waals surface area contributed by atoms with Crippen LogP contribution in [-0.4, -0.2) is 29.3 Å². The molecule has 0 amide bonds. The topological polar surface area (TPSA) is 60.2 Å². The first-order valence-corrected chi connectivity index (χ1v) is 7.54. The van der Waals surface area contributed by atoms with Crippen molar-refractivity contribution in [1.29, 1.82) is 0 Å². The van der Waals surface area contributed by atoms with Crippen LogP contribution in [0.5, 0.6) is 0 Å². The van der Waals surface area contributed by atoms with Crippen LogP contribution in [0.15, 0.2) is 4.52 Å². The van der Waals surface area contributed by atoms with Crippen LogP contribution in [0.3, 0.4) is 0 Å². The lowest BCUT2D eigenvalue weighted by atomic mass is 9.89. The standard InChI is InChI=1S/C15H29N3O2/c1-8-16-11(5)12(10(3)4)13-17-14(18-20-13)15(6,7)19-9-2/h10-12,16H,8-9H2,1-7H3. The predicted molar refractivity (Wildman–Crippen MR) is 79.7 cm³/mol. The molecule has 0 saturated heterocycles. The van der Waals surface area contributed by atoms with Crippen LogP contribution in [0, 0.1) is 5.92 Å². The molecule has 5 nitrogen and oxygen atoms in total. The lowest BCUT2D eigenvalue weighted by molar-refractivity contribution is -0.0221. The summed E-state index contributed by atoms with van der Waals surface area (Å²) in [4.78, 5) is 4.58. The molecule has 2 atom stereocenters. The molecular weight excluding hydrogens is 254 g/mol. The van der Waals surface area contributed by atoms with Gasteiger partial charge in [0, 0.05) is 12.6 Å². The van der Waals surface area contributed by atoms with Gasteiger partial charge in [-0.3, -0.25) is 0 Å². The van der Waals surface area contributed by atoms with Crippen LogP contribution in [0.1, 0.15) is 66.1 Å². The minimum atomic E-state index is -0.514. The Kier molecular flexibility index (Phi) is 6.14. The highest BCUT2D eigenvalue weighted by molar-refractivity contribution is 5.04. The third-order valence-electron chi connectivity index (χ3n) is 3.55. The number of ether oxygens (including phenoxy) is 1. The number of nitrogens with zero attached hydrogens (tertiary/aromatic N) is 2. The SMILES string of the molecule is CCNC(C)C(c1nc(C(C)(C)OCC)no1)C(C)C. The highest BCUT2D eigenvalue weighted by atomic mass is 16.5. The zero-order valence-electron chi connectivity index (χ0n) is 13.9. The maximum absolute atomic E-state index is 5.68. The number of hydrogen-bond acceptors (Lipinski definition) is 5. The van der Waals surface area contributed by atoms with Crippen LogP contribution < -0.4 is 5.32 Å². The maximum Gasteiger partial charge on any atom is 0.231 e. The average molecular weight is 283 g/mol. The Labute approximate surface area is 122 Å². The van der Waals surface area contributed by atoms with E-state index in [4.69, 9.17) is 9.26 Å². The highest BCUT2D eigenvalue weighted by Crippen LogP contribution is 2.29. The van der Waals surface area contributed by atoms with Gasteiger partial charge in [-0.15, -0.1) is 0 Å². The molecule has 0 saturated carbocycles. The number of rotatable bonds is 8. The molecule has 0 fully saturated rings. The second-order valence-electron chi connectivity index (χ2n) is 6.02. The summed E-state index contributed by atoms with van der Waals surface area (Å²) in [6.07, 6.45) is 0. The van der Waals surface area contributed by atoms with E-state index in [1.165, 1.54) is 0 Å². The van der Waals surface area contributed by atoms with E-state index in [0.717, 1.165) is 6.54 Å². The first-order valence-electron chi connectivity index (χ1n) is 7.54. The largest absolute Gasteiger partial charge is 0.368 e. The van der Waals surface area contributed by atoms with E-state index >= 15 is 0 Å². The van der Waals surface area contributed by atoms with Crippen molar-refractivity contribution in [1.82, 2.24) is 15.5 Å². The molecular formula is C15H29N3O2. The molecule has 1 heterocycles. The summed E-state index contributed by atoms with van der Waals surface area (Å²) in [6, 6.07) is 0.295. The molecule has 2 unspecified atom stereocenters. The molecule has 20 heavy (non-hydrogen) atoms. The summed E-state index contributed by atoms with van der Waals surface area (Å²) >= 11 is 0. The molecule has 0 aromatic carbocycles. The van der Waals surface area contributed by atoms with Crippen molar-refractivity contribution >= 4 is 0 Å². The Morgan fingerprint density at radius 2 is 1.90 bits per heavy atom. The number of likely N-dealkylation sites (N-methyl/N-ethyl adjacent to an activating group) is 1. The Morgan fingerprint density at radius 3 is 2.40 bits per heavy atom. The molecule has 5 heteroatoms. The van der Waals surface area contributed by atoms with Gasteiger partial charge in [0.1, 0.15) is 5.60 Å². The van der Waals surface area contributed by atoms with Crippen molar-refractivity contribution in [2.45, 2.75) is 66.0 Å². The molecule has 0 spiro atoms. The second-order valence-corrected chi connectivity index (χ2v) is 6.02. The third-order valence-corrected chi connectivity index (χ3v) is 3.55. The Bertz CT molecular complexity index is 402. The van der Waals surface area contributed by atoms with Gasteiger partial charge in [-0.25, -0.2) is 0 Å². The molecule has 0 aliphatic carbocycles. The first-order chi connectivity index (χ1) is 9.33. The smallest absolute Gasteiger partial charge is 0.231 e. The van der Waals surface area contributed by atoms with Gasteiger partial charge in [0.2, 0.25) is 11.7 Å². The van der Waals surface area contributed by atoms with Gasteiger partial charge >= 0.3 is 0 Å². The predicted octanol–water partition coefficient (Wildman–Crippen LogP) is 3.08. The molecule has 1 rings (SSSR count). The van der Waals surface area contributed by atoms with E-state index in [1.807, 2.05) is 20.8 Å². The van der Waals surface area contributed by atoms with Crippen molar-refractivity contribution in [2.24, 2.45) is 5.92 Å². The number of aromatic nitrogens is 2. The molecule has 1 N–H and O–H groups in total. The summed E-state index contributed by atoms with van der Waals surface area (Å²) in [5.74, 6) is 1.93. The van der Waals surface area contributed by atoms with Gasteiger partial charge < -0.3 is 14.6 Å². The first kappa shape index (κ1) is 17.1. The normalized spacial score (nSPS) is 15.6. The Balaban J connectivity index is 2.97.